The first-order valence-electron chi connectivity index (χ1n) is 11.3. The fourth-order valence-corrected chi connectivity index (χ4v) is 4.30. The molecule has 0 saturated carbocycles. The molecule has 0 aliphatic heterocycles. The largest absolute Gasteiger partial charge is 0.418 e. The molecular weight excluding hydrogens is 491 g/mol. The van der Waals surface area contributed by atoms with Crippen molar-refractivity contribution in [2.45, 2.75) is 25.7 Å². The van der Waals surface area contributed by atoms with Gasteiger partial charge in [0.2, 0.25) is 5.91 Å². The number of carbonyl (C=O) groups excluding carboxylic acids is 2. The van der Waals surface area contributed by atoms with Crippen LogP contribution in [0, 0.1) is 0 Å². The summed E-state index contributed by atoms with van der Waals surface area (Å²) >= 11 is 1.52. The van der Waals surface area contributed by atoms with E-state index >= 15 is 0 Å². The van der Waals surface area contributed by atoms with Crippen molar-refractivity contribution in [1.29, 1.82) is 0 Å². The lowest BCUT2D eigenvalue weighted by Gasteiger charge is -2.28. The van der Waals surface area contributed by atoms with Crippen LogP contribution >= 0.6 is 11.3 Å². The molecule has 1 N–H and O–H groups in total. The number of nitrogens with one attached hydrogen (secondary N) is 1. The SMILES string of the molecule is COCCCN(CC(=O)N(Cc1ccccc1)Cc1cccs1)C(=O)Nc1ccccc1C(F)(F)F. The minimum Gasteiger partial charge on any atom is -0.385 e. The van der Waals surface area contributed by atoms with Gasteiger partial charge in [0.25, 0.3) is 0 Å². The van der Waals surface area contributed by atoms with Gasteiger partial charge in [-0.3, -0.25) is 4.79 Å². The van der Waals surface area contributed by atoms with Crippen molar-refractivity contribution in [1.82, 2.24) is 9.80 Å². The Balaban J connectivity index is 1.79. The highest BCUT2D eigenvalue weighted by Crippen LogP contribution is 2.34. The Kier molecular flexibility index (Phi) is 9.89. The maximum atomic E-state index is 13.4. The second-order valence-corrected chi connectivity index (χ2v) is 9.09. The molecule has 0 unspecified atom stereocenters. The Bertz CT molecular complexity index is 1110. The van der Waals surface area contributed by atoms with E-state index in [2.05, 4.69) is 5.32 Å². The van der Waals surface area contributed by atoms with Crippen LogP contribution in [0.3, 0.4) is 0 Å². The third-order valence-corrected chi connectivity index (χ3v) is 6.22. The number of para-hydroxylation sites is 1. The number of hydrogen-bond acceptors (Lipinski definition) is 4. The number of thiophene rings is 1. The molecule has 1 heterocycles. The van der Waals surface area contributed by atoms with Crippen LogP contribution in [0.4, 0.5) is 23.7 Å². The summed E-state index contributed by atoms with van der Waals surface area (Å²) in [7, 11) is 1.51. The summed E-state index contributed by atoms with van der Waals surface area (Å²) in [6.07, 6.45) is -4.21. The van der Waals surface area contributed by atoms with Crippen LogP contribution in [0.15, 0.2) is 72.1 Å². The quantitative estimate of drug-likeness (QED) is 0.323. The van der Waals surface area contributed by atoms with Gasteiger partial charge in [-0.25, -0.2) is 4.79 Å². The van der Waals surface area contributed by atoms with Gasteiger partial charge in [-0.1, -0.05) is 48.5 Å². The Labute approximate surface area is 212 Å². The highest BCUT2D eigenvalue weighted by molar-refractivity contribution is 7.09. The summed E-state index contributed by atoms with van der Waals surface area (Å²) in [5, 5.41) is 4.26. The number of nitrogens with zero attached hydrogens (tertiary/aromatic N) is 2. The average Bonchev–Trinajstić information content (AvgIpc) is 3.36. The number of rotatable bonds is 11. The first-order chi connectivity index (χ1) is 17.3. The molecule has 0 aliphatic rings. The predicted molar refractivity (Wildman–Crippen MR) is 134 cm³/mol. The number of ether oxygens (including phenoxy) is 1. The molecule has 1 aromatic heterocycles. The van der Waals surface area contributed by atoms with Gasteiger partial charge < -0.3 is 19.9 Å². The van der Waals surface area contributed by atoms with Crippen LogP contribution in [0.1, 0.15) is 22.4 Å². The van der Waals surface area contributed by atoms with Crippen LogP contribution in [0.2, 0.25) is 0 Å². The molecule has 192 valence electrons. The van der Waals surface area contributed by atoms with E-state index in [9.17, 15) is 22.8 Å². The number of anilines is 1. The molecule has 0 aliphatic carbocycles. The summed E-state index contributed by atoms with van der Waals surface area (Å²) in [6, 6.07) is 17.3. The van der Waals surface area contributed by atoms with E-state index in [0.29, 0.717) is 26.1 Å². The van der Waals surface area contributed by atoms with Crippen LogP contribution in [-0.4, -0.2) is 48.5 Å². The monoisotopic (exact) mass is 519 g/mol. The van der Waals surface area contributed by atoms with E-state index in [1.54, 1.807) is 4.90 Å². The maximum absolute atomic E-state index is 13.4. The topological polar surface area (TPSA) is 61.9 Å². The Morgan fingerprint density at radius 3 is 2.33 bits per heavy atom. The summed E-state index contributed by atoms with van der Waals surface area (Å²) in [5.74, 6) is -0.316. The highest BCUT2D eigenvalue weighted by Gasteiger charge is 2.34. The van der Waals surface area contributed by atoms with E-state index in [0.717, 1.165) is 16.5 Å². The second kappa shape index (κ2) is 13.1. The van der Waals surface area contributed by atoms with Crippen molar-refractivity contribution in [3.63, 3.8) is 0 Å². The molecule has 2 aromatic carbocycles. The zero-order valence-corrected chi connectivity index (χ0v) is 20.6. The third-order valence-electron chi connectivity index (χ3n) is 5.36. The van der Waals surface area contributed by atoms with Crippen LogP contribution in [-0.2, 0) is 28.8 Å². The summed E-state index contributed by atoms with van der Waals surface area (Å²) in [6.45, 7) is 0.873. The molecule has 0 atom stereocenters. The molecule has 36 heavy (non-hydrogen) atoms. The van der Waals surface area contributed by atoms with Crippen molar-refractivity contribution in [2.24, 2.45) is 0 Å². The number of methoxy groups -OCH3 is 1. The standard InChI is InChI=1S/C26H28F3N3O3S/c1-35-15-8-14-31(25(34)30-23-13-6-5-12-22(23)26(27,28)29)19-24(33)32(18-21-11-7-16-36-21)17-20-9-3-2-4-10-20/h2-7,9-13,16H,8,14-15,17-19H2,1H3,(H,30,34). The molecule has 3 aromatic rings. The fourth-order valence-electron chi connectivity index (χ4n) is 3.58. The molecule has 3 rings (SSSR count). The molecular formula is C26H28F3N3O3S. The van der Waals surface area contributed by atoms with E-state index in [-0.39, 0.29) is 24.7 Å². The van der Waals surface area contributed by atoms with Crippen molar-refractivity contribution in [3.05, 3.63) is 88.1 Å². The lowest BCUT2D eigenvalue weighted by Crippen LogP contribution is -2.44. The van der Waals surface area contributed by atoms with Gasteiger partial charge in [-0.05, 0) is 35.6 Å². The number of benzene rings is 2. The number of alkyl halides is 3. The van der Waals surface area contributed by atoms with Gasteiger partial charge in [-0.2, -0.15) is 13.2 Å². The van der Waals surface area contributed by atoms with Gasteiger partial charge in [0.05, 0.1) is 17.8 Å². The lowest BCUT2D eigenvalue weighted by atomic mass is 10.1. The summed E-state index contributed by atoms with van der Waals surface area (Å²) in [5.41, 5.74) is -0.388. The molecule has 10 heteroatoms. The van der Waals surface area contributed by atoms with Gasteiger partial charge in [0.15, 0.2) is 0 Å². The molecule has 0 bridgehead atoms. The van der Waals surface area contributed by atoms with Crippen molar-refractivity contribution in [3.8, 4) is 0 Å². The fraction of sp³-hybridized carbons (Fsp3) is 0.308. The molecule has 0 radical (unpaired) electrons. The van der Waals surface area contributed by atoms with Crippen molar-refractivity contribution < 1.29 is 27.5 Å². The molecule has 6 nitrogen and oxygen atoms in total. The van der Waals surface area contributed by atoms with E-state index in [4.69, 9.17) is 4.74 Å². The minimum atomic E-state index is -4.63. The van der Waals surface area contributed by atoms with E-state index in [1.165, 1.54) is 41.5 Å². The maximum Gasteiger partial charge on any atom is 0.418 e. The Morgan fingerprint density at radius 2 is 1.67 bits per heavy atom. The highest BCUT2D eigenvalue weighted by atomic mass is 32.1. The first kappa shape index (κ1) is 27.2. The van der Waals surface area contributed by atoms with Crippen LogP contribution in [0.5, 0.6) is 0 Å². The van der Waals surface area contributed by atoms with Gasteiger partial charge in [0.1, 0.15) is 6.54 Å². The molecule has 0 saturated heterocycles. The molecule has 3 amide bonds. The smallest absolute Gasteiger partial charge is 0.385 e. The van der Waals surface area contributed by atoms with Gasteiger partial charge in [0, 0.05) is 31.7 Å². The van der Waals surface area contributed by atoms with Gasteiger partial charge >= 0.3 is 12.2 Å². The third kappa shape index (κ3) is 8.10. The zero-order chi connectivity index (χ0) is 26.0. The number of carbonyl (C=O) groups is 2. The lowest BCUT2D eigenvalue weighted by molar-refractivity contribution is -0.137. The average molecular weight is 520 g/mol. The zero-order valence-electron chi connectivity index (χ0n) is 19.8. The second-order valence-electron chi connectivity index (χ2n) is 8.06. The normalized spacial score (nSPS) is 11.2. The first-order valence-corrected chi connectivity index (χ1v) is 12.2. The van der Waals surface area contributed by atoms with Gasteiger partial charge in [-0.15, -0.1) is 11.3 Å². The van der Waals surface area contributed by atoms with E-state index < -0.39 is 17.8 Å². The predicted octanol–water partition coefficient (Wildman–Crippen LogP) is 5.87. The van der Waals surface area contributed by atoms with Crippen molar-refractivity contribution >= 4 is 29.0 Å². The van der Waals surface area contributed by atoms with E-state index in [1.807, 2.05) is 47.8 Å². The minimum absolute atomic E-state index is 0.137. The molecule has 0 spiro atoms. The number of hydrogen-bond donors (Lipinski definition) is 1. The number of amides is 3. The van der Waals surface area contributed by atoms with Crippen LogP contribution in [0.25, 0.3) is 0 Å². The number of halogens is 3. The number of urea groups is 1. The van der Waals surface area contributed by atoms with Crippen LogP contribution < -0.4 is 5.32 Å². The Hall–Kier alpha value is -3.37. The van der Waals surface area contributed by atoms with Crippen molar-refractivity contribution in [2.75, 3.05) is 32.1 Å². The molecule has 0 fully saturated rings. The Morgan fingerprint density at radius 1 is 0.944 bits per heavy atom. The summed E-state index contributed by atoms with van der Waals surface area (Å²) in [4.78, 5) is 30.3. The summed E-state index contributed by atoms with van der Waals surface area (Å²) < 4.78 is 45.3.